The largest absolute Gasteiger partial charge is 0.504 e. The van der Waals surface area contributed by atoms with Crippen molar-refractivity contribution in [1.82, 2.24) is 5.43 Å². The van der Waals surface area contributed by atoms with Crippen molar-refractivity contribution in [2.45, 2.75) is 0 Å². The predicted octanol–water partition coefficient (Wildman–Crippen LogP) is 3.47. The van der Waals surface area contributed by atoms with Gasteiger partial charge in [-0.3, -0.25) is 4.79 Å². The Morgan fingerprint density at radius 3 is 2.55 bits per heavy atom. The third-order valence-electron chi connectivity index (χ3n) is 2.77. The Hall–Kier alpha value is -2.24. The van der Waals surface area contributed by atoms with Crippen molar-refractivity contribution >= 4 is 35.3 Å². The number of carbonyl (C=O) groups is 1. The number of hydrazone groups is 1. The van der Waals surface area contributed by atoms with Gasteiger partial charge < -0.3 is 9.84 Å². The Bertz CT molecular complexity index is 715. The highest BCUT2D eigenvalue weighted by Gasteiger charge is 2.09. The molecule has 0 radical (unpaired) electrons. The smallest absolute Gasteiger partial charge is 0.271 e. The number of hydrogen-bond donors (Lipinski definition) is 2. The molecule has 2 N–H and O–H groups in total. The van der Waals surface area contributed by atoms with E-state index >= 15 is 0 Å². The fourth-order valence-corrected chi connectivity index (χ4v) is 2.02. The van der Waals surface area contributed by atoms with Crippen molar-refractivity contribution in [3.63, 3.8) is 0 Å². The normalized spacial score (nSPS) is 10.7. The van der Waals surface area contributed by atoms with Gasteiger partial charge in [0.05, 0.1) is 13.3 Å². The van der Waals surface area contributed by atoms with Crippen LogP contribution >= 0.6 is 23.2 Å². The van der Waals surface area contributed by atoms with Crippen molar-refractivity contribution in [2.75, 3.05) is 7.11 Å². The van der Waals surface area contributed by atoms with E-state index in [0.717, 1.165) is 0 Å². The van der Waals surface area contributed by atoms with Crippen molar-refractivity contribution < 1.29 is 14.6 Å². The van der Waals surface area contributed by atoms with Crippen LogP contribution < -0.4 is 10.2 Å². The van der Waals surface area contributed by atoms with Gasteiger partial charge in [-0.2, -0.15) is 5.10 Å². The molecule has 22 heavy (non-hydrogen) atoms. The first-order chi connectivity index (χ1) is 10.5. The summed E-state index contributed by atoms with van der Waals surface area (Å²) in [5.41, 5.74) is 3.08. The summed E-state index contributed by atoms with van der Waals surface area (Å²) in [6.45, 7) is 0. The molecule has 0 heterocycles. The van der Waals surface area contributed by atoms with Gasteiger partial charge in [0.15, 0.2) is 11.5 Å². The molecule has 0 bridgehead atoms. The van der Waals surface area contributed by atoms with Gasteiger partial charge in [-0.15, -0.1) is 0 Å². The van der Waals surface area contributed by atoms with Gasteiger partial charge in [-0.1, -0.05) is 23.2 Å². The zero-order valence-corrected chi connectivity index (χ0v) is 13.0. The second kappa shape index (κ2) is 7.15. The first kappa shape index (κ1) is 16.1. The van der Waals surface area contributed by atoms with Crippen molar-refractivity contribution in [3.05, 3.63) is 57.6 Å². The summed E-state index contributed by atoms with van der Waals surface area (Å²) in [6, 6.07) is 9.33. The number of benzene rings is 2. The number of phenols is 1. The molecule has 2 rings (SSSR count). The lowest BCUT2D eigenvalue weighted by Gasteiger charge is -2.06. The maximum Gasteiger partial charge on any atom is 0.271 e. The highest BCUT2D eigenvalue weighted by molar-refractivity contribution is 6.31. The predicted molar refractivity (Wildman–Crippen MR) is 86.2 cm³/mol. The van der Waals surface area contributed by atoms with Gasteiger partial charge in [0.25, 0.3) is 5.91 Å². The molecule has 2 aromatic rings. The first-order valence-corrected chi connectivity index (χ1v) is 6.92. The summed E-state index contributed by atoms with van der Waals surface area (Å²) in [6.07, 6.45) is 1.28. The topological polar surface area (TPSA) is 70.9 Å². The Balaban J connectivity index is 2.11. The minimum Gasteiger partial charge on any atom is -0.504 e. The molecule has 0 aromatic heterocycles. The number of amides is 1. The number of carbonyl (C=O) groups excluding carboxylic acids is 1. The van der Waals surface area contributed by atoms with Crippen LogP contribution in [0.25, 0.3) is 0 Å². The summed E-state index contributed by atoms with van der Waals surface area (Å²) in [7, 11) is 1.41. The molecule has 7 heteroatoms. The number of nitrogens with zero attached hydrogens (tertiary/aromatic N) is 1. The van der Waals surface area contributed by atoms with Crippen LogP contribution in [0.15, 0.2) is 41.5 Å². The average molecular weight is 339 g/mol. The van der Waals surface area contributed by atoms with Crippen LogP contribution in [0.2, 0.25) is 10.0 Å². The van der Waals surface area contributed by atoms with E-state index in [-0.39, 0.29) is 11.5 Å². The van der Waals surface area contributed by atoms with Crippen LogP contribution in [0.3, 0.4) is 0 Å². The number of hydrogen-bond acceptors (Lipinski definition) is 4. The van der Waals surface area contributed by atoms with Crippen LogP contribution in [-0.2, 0) is 0 Å². The van der Waals surface area contributed by atoms with Crippen LogP contribution in [0, 0.1) is 0 Å². The molecule has 2 aromatic carbocycles. The van der Waals surface area contributed by atoms with E-state index in [9.17, 15) is 9.90 Å². The molecule has 5 nitrogen and oxygen atoms in total. The van der Waals surface area contributed by atoms with Gasteiger partial charge in [-0.25, -0.2) is 5.43 Å². The standard InChI is InChI=1S/C15H12Cl2N2O3/c1-22-13-7-12(17)6-10(14(13)20)8-18-19-15(21)9-2-4-11(16)5-3-9/h2-8,20H,1H3,(H,19,21)/b18-8+. The van der Waals surface area contributed by atoms with Crippen molar-refractivity contribution in [2.24, 2.45) is 5.10 Å². The van der Waals surface area contributed by atoms with E-state index in [1.165, 1.54) is 25.5 Å². The van der Waals surface area contributed by atoms with Gasteiger partial charge in [-0.05, 0) is 30.3 Å². The summed E-state index contributed by atoms with van der Waals surface area (Å²) in [5, 5.41) is 14.6. The Kier molecular flexibility index (Phi) is 5.25. The third kappa shape index (κ3) is 3.90. The number of nitrogens with one attached hydrogen (secondary N) is 1. The molecule has 0 aliphatic carbocycles. The molecule has 0 aliphatic heterocycles. The molecule has 0 unspecified atom stereocenters. The zero-order chi connectivity index (χ0) is 16.1. The molecule has 0 spiro atoms. The molecule has 0 saturated carbocycles. The van der Waals surface area contributed by atoms with Crippen molar-refractivity contribution in [1.29, 1.82) is 0 Å². The molecule has 114 valence electrons. The Labute approximate surface area is 137 Å². The lowest BCUT2D eigenvalue weighted by molar-refractivity contribution is 0.0955. The summed E-state index contributed by atoms with van der Waals surface area (Å²) >= 11 is 11.6. The molecular weight excluding hydrogens is 327 g/mol. The van der Waals surface area contributed by atoms with Gasteiger partial charge in [0.2, 0.25) is 0 Å². The third-order valence-corrected chi connectivity index (χ3v) is 3.24. The average Bonchev–Trinajstić information content (AvgIpc) is 2.50. The van der Waals surface area contributed by atoms with E-state index in [2.05, 4.69) is 10.5 Å². The fraction of sp³-hybridized carbons (Fsp3) is 0.0667. The van der Waals surface area contributed by atoms with Crippen LogP contribution in [0.1, 0.15) is 15.9 Å². The number of aromatic hydroxyl groups is 1. The quantitative estimate of drug-likeness (QED) is 0.662. The van der Waals surface area contributed by atoms with Gasteiger partial charge in [0.1, 0.15) is 0 Å². The SMILES string of the molecule is COc1cc(Cl)cc(/C=N/NC(=O)c2ccc(Cl)cc2)c1O. The summed E-state index contributed by atoms with van der Waals surface area (Å²) < 4.78 is 4.98. The van der Waals surface area contributed by atoms with E-state index in [4.69, 9.17) is 27.9 Å². The lowest BCUT2D eigenvalue weighted by Crippen LogP contribution is -2.17. The van der Waals surface area contributed by atoms with E-state index < -0.39 is 5.91 Å². The molecule has 1 amide bonds. The lowest BCUT2D eigenvalue weighted by atomic mass is 10.2. The minimum absolute atomic E-state index is 0.114. The maximum absolute atomic E-state index is 11.8. The highest BCUT2D eigenvalue weighted by Crippen LogP contribution is 2.32. The monoisotopic (exact) mass is 338 g/mol. The molecule has 0 aliphatic rings. The zero-order valence-electron chi connectivity index (χ0n) is 11.5. The molecular formula is C15H12Cl2N2O3. The van der Waals surface area contributed by atoms with E-state index in [1.807, 2.05) is 0 Å². The van der Waals surface area contributed by atoms with Crippen LogP contribution in [-0.4, -0.2) is 24.3 Å². The van der Waals surface area contributed by atoms with Gasteiger partial charge >= 0.3 is 0 Å². The maximum atomic E-state index is 11.8. The molecule has 0 atom stereocenters. The van der Waals surface area contributed by atoms with E-state index in [1.54, 1.807) is 24.3 Å². The second-order valence-electron chi connectivity index (χ2n) is 4.25. The second-order valence-corrected chi connectivity index (χ2v) is 5.12. The number of methoxy groups -OCH3 is 1. The minimum atomic E-state index is -0.401. The summed E-state index contributed by atoms with van der Waals surface area (Å²) in [4.78, 5) is 11.8. The number of rotatable bonds is 4. The van der Waals surface area contributed by atoms with E-state index in [0.29, 0.717) is 21.2 Å². The number of phenolic OH excluding ortho intramolecular Hbond substituents is 1. The Morgan fingerprint density at radius 2 is 1.91 bits per heavy atom. The van der Waals surface area contributed by atoms with Crippen LogP contribution in [0.5, 0.6) is 11.5 Å². The number of ether oxygens (including phenoxy) is 1. The van der Waals surface area contributed by atoms with Gasteiger partial charge in [0, 0.05) is 27.2 Å². The number of halogens is 2. The Morgan fingerprint density at radius 1 is 1.23 bits per heavy atom. The fourth-order valence-electron chi connectivity index (χ4n) is 1.67. The van der Waals surface area contributed by atoms with Crippen LogP contribution in [0.4, 0.5) is 0 Å². The molecule has 0 fully saturated rings. The first-order valence-electron chi connectivity index (χ1n) is 6.16. The highest BCUT2D eigenvalue weighted by atomic mass is 35.5. The summed E-state index contributed by atoms with van der Waals surface area (Å²) in [5.74, 6) is -0.296. The van der Waals surface area contributed by atoms with Crippen molar-refractivity contribution in [3.8, 4) is 11.5 Å². The molecule has 0 saturated heterocycles.